The summed E-state index contributed by atoms with van der Waals surface area (Å²) in [4.78, 5) is 28.5. The van der Waals surface area contributed by atoms with Crippen LogP contribution < -0.4 is 0 Å². The molecule has 0 aliphatic carbocycles. The zero-order valence-electron chi connectivity index (χ0n) is 15.1. The van der Waals surface area contributed by atoms with Crippen molar-refractivity contribution >= 4 is 47.2 Å². The molecule has 26 heavy (non-hydrogen) atoms. The van der Waals surface area contributed by atoms with Crippen molar-refractivity contribution in [2.24, 2.45) is 7.05 Å². The Morgan fingerprint density at radius 1 is 1.27 bits per heavy atom. The van der Waals surface area contributed by atoms with Gasteiger partial charge in [-0.3, -0.25) is 14.3 Å². The van der Waals surface area contributed by atoms with Gasteiger partial charge in [-0.25, -0.2) is 4.68 Å². The Bertz CT molecular complexity index is 815. The van der Waals surface area contributed by atoms with E-state index in [0.717, 1.165) is 6.04 Å². The van der Waals surface area contributed by atoms with E-state index in [-0.39, 0.29) is 23.3 Å². The molecule has 0 aliphatic rings. The fraction of sp³-hybridized carbons (Fsp3) is 0.533. The minimum Gasteiger partial charge on any atom is -0.359 e. The van der Waals surface area contributed by atoms with Gasteiger partial charge in [0.15, 0.2) is 10.5 Å². The Morgan fingerprint density at radius 3 is 2.54 bits per heavy atom. The summed E-state index contributed by atoms with van der Waals surface area (Å²) < 4.78 is 8.83. The second-order valence-corrected chi connectivity index (χ2v) is 13.8. The highest BCUT2D eigenvalue weighted by Gasteiger charge is 2.22. The van der Waals surface area contributed by atoms with Gasteiger partial charge in [0.05, 0.1) is 11.4 Å². The predicted octanol–water partition coefficient (Wildman–Crippen LogP) is 3.20. The van der Waals surface area contributed by atoms with E-state index in [0.29, 0.717) is 11.3 Å². The number of nitrogens with zero attached hydrogens (tertiary/aromatic N) is 5. The smallest absolute Gasteiger partial charge is 0.218 e. The lowest BCUT2D eigenvalue weighted by Gasteiger charge is -2.15. The van der Waals surface area contributed by atoms with Crippen molar-refractivity contribution in [3.8, 4) is 0 Å². The van der Waals surface area contributed by atoms with Crippen molar-refractivity contribution in [3.63, 3.8) is 0 Å². The van der Waals surface area contributed by atoms with E-state index in [4.69, 9.17) is 16.3 Å². The molecular weight excluding hydrogens is 442 g/mol. The molecule has 2 aromatic rings. The van der Waals surface area contributed by atoms with Crippen LogP contribution in [0.3, 0.4) is 0 Å². The molecule has 0 amide bonds. The van der Waals surface area contributed by atoms with Gasteiger partial charge in [0.2, 0.25) is 11.6 Å². The van der Waals surface area contributed by atoms with Crippen LogP contribution in [0.15, 0.2) is 10.9 Å². The van der Waals surface area contributed by atoms with Crippen LogP contribution in [0.25, 0.3) is 0 Å². The first kappa shape index (κ1) is 20.9. The lowest BCUT2D eigenvalue weighted by atomic mass is 10.1. The second-order valence-electron chi connectivity index (χ2n) is 7.07. The van der Waals surface area contributed by atoms with Gasteiger partial charge in [0.25, 0.3) is 0 Å². The maximum atomic E-state index is 12.3. The number of carbonyl (C=O) groups is 2. The van der Waals surface area contributed by atoms with Crippen LogP contribution in [0.2, 0.25) is 30.7 Å². The highest BCUT2D eigenvalue weighted by atomic mass is 79.9. The fourth-order valence-electron chi connectivity index (χ4n) is 2.01. The molecule has 0 radical (unpaired) electrons. The molecule has 0 N–H and O–H groups in total. The molecular formula is C15H21BrClN5O3Si. The number of aromatic nitrogens is 5. The molecule has 0 atom stereocenters. The van der Waals surface area contributed by atoms with E-state index < -0.39 is 26.1 Å². The highest BCUT2D eigenvalue weighted by Crippen LogP contribution is 2.16. The quantitative estimate of drug-likeness (QED) is 0.246. The summed E-state index contributed by atoms with van der Waals surface area (Å²) in [5, 5.41) is 8.27. The van der Waals surface area contributed by atoms with Crippen LogP contribution >= 0.6 is 27.5 Å². The number of halogens is 2. The summed E-state index contributed by atoms with van der Waals surface area (Å²) in [6, 6.07) is 1.03. The van der Waals surface area contributed by atoms with Crippen molar-refractivity contribution in [1.29, 1.82) is 0 Å². The number of ketones is 2. The molecule has 0 spiro atoms. The van der Waals surface area contributed by atoms with E-state index in [9.17, 15) is 9.59 Å². The van der Waals surface area contributed by atoms with Crippen LogP contribution in [0, 0.1) is 0 Å². The predicted molar refractivity (Wildman–Crippen MR) is 103 cm³/mol. The molecule has 11 heteroatoms. The molecule has 0 aliphatic heterocycles. The minimum atomic E-state index is -1.17. The number of aryl methyl sites for hydroxylation is 1. The van der Waals surface area contributed by atoms with Crippen LogP contribution in [0.5, 0.6) is 0 Å². The number of Topliss-reactive ketones (excluding diaryl/α,β-unsaturated/α-hetero) is 2. The third kappa shape index (κ3) is 5.83. The average Bonchev–Trinajstić information content (AvgIpc) is 3.05. The third-order valence-electron chi connectivity index (χ3n) is 3.46. The normalized spacial score (nSPS) is 11.8. The summed E-state index contributed by atoms with van der Waals surface area (Å²) in [5.41, 5.74) is 0.0655. The van der Waals surface area contributed by atoms with E-state index in [1.807, 2.05) is 0 Å². The van der Waals surface area contributed by atoms with Crippen LogP contribution in [-0.2, 0) is 18.5 Å². The molecule has 0 saturated carbocycles. The molecule has 2 heterocycles. The third-order valence-corrected chi connectivity index (χ3v) is 6.02. The van der Waals surface area contributed by atoms with Gasteiger partial charge in [-0.05, 0) is 22.0 Å². The number of hydrogen-bond donors (Lipinski definition) is 0. The summed E-state index contributed by atoms with van der Waals surface area (Å²) >= 11 is 9.18. The van der Waals surface area contributed by atoms with Crippen LogP contribution in [0.4, 0.5) is 0 Å². The number of carbonyl (C=O) groups excluding carboxylic acids is 2. The summed E-state index contributed by atoms with van der Waals surface area (Å²) in [6.07, 6.45) is 1.10. The molecule has 0 aromatic carbocycles. The molecule has 0 saturated heterocycles. The SMILES string of the molecule is Cn1cc(Cl)c(C(=O)CC(=O)c2nc(Br)n(COCC[Si](C)(C)C)n2)n1. The van der Waals surface area contributed by atoms with Crippen molar-refractivity contribution in [3.05, 3.63) is 27.5 Å². The van der Waals surface area contributed by atoms with Gasteiger partial charge >= 0.3 is 0 Å². The first-order valence-electron chi connectivity index (χ1n) is 8.00. The first-order valence-corrected chi connectivity index (χ1v) is 12.9. The Balaban J connectivity index is 1.95. The Labute approximate surface area is 166 Å². The zero-order valence-corrected chi connectivity index (χ0v) is 18.5. The molecule has 0 fully saturated rings. The minimum absolute atomic E-state index is 0.0499. The first-order chi connectivity index (χ1) is 12.1. The van der Waals surface area contributed by atoms with Crippen molar-refractivity contribution in [2.45, 2.75) is 38.8 Å². The largest absolute Gasteiger partial charge is 0.359 e. The van der Waals surface area contributed by atoms with Crippen molar-refractivity contribution in [1.82, 2.24) is 24.5 Å². The zero-order chi connectivity index (χ0) is 19.5. The second kappa shape index (κ2) is 8.55. The average molecular weight is 463 g/mol. The van der Waals surface area contributed by atoms with Gasteiger partial charge in [-0.1, -0.05) is 31.2 Å². The van der Waals surface area contributed by atoms with E-state index >= 15 is 0 Å². The Morgan fingerprint density at radius 2 is 1.96 bits per heavy atom. The van der Waals surface area contributed by atoms with Crippen LogP contribution in [-0.4, -0.2) is 50.8 Å². The molecule has 8 nitrogen and oxygen atoms in total. The molecule has 0 unspecified atom stereocenters. The Kier molecular flexibility index (Phi) is 6.89. The maximum Gasteiger partial charge on any atom is 0.218 e. The highest BCUT2D eigenvalue weighted by molar-refractivity contribution is 9.10. The summed E-state index contributed by atoms with van der Waals surface area (Å²) in [5.74, 6) is -1.02. The topological polar surface area (TPSA) is 91.9 Å². The van der Waals surface area contributed by atoms with E-state index in [1.165, 1.54) is 15.6 Å². The molecule has 2 rings (SSSR count). The van der Waals surface area contributed by atoms with Gasteiger partial charge in [-0.2, -0.15) is 10.1 Å². The van der Waals surface area contributed by atoms with E-state index in [2.05, 4.69) is 50.8 Å². The molecule has 0 bridgehead atoms. The van der Waals surface area contributed by atoms with Crippen molar-refractivity contribution in [2.75, 3.05) is 6.61 Å². The number of hydrogen-bond acceptors (Lipinski definition) is 6. The summed E-state index contributed by atoms with van der Waals surface area (Å²) in [7, 11) is 0.478. The van der Waals surface area contributed by atoms with Crippen molar-refractivity contribution < 1.29 is 14.3 Å². The van der Waals surface area contributed by atoms with Crippen LogP contribution in [0.1, 0.15) is 27.5 Å². The lowest BCUT2D eigenvalue weighted by molar-refractivity contribution is 0.0759. The van der Waals surface area contributed by atoms with Gasteiger partial charge in [0.1, 0.15) is 12.4 Å². The molecule has 142 valence electrons. The number of ether oxygens (including phenoxy) is 1. The van der Waals surface area contributed by atoms with Gasteiger partial charge in [-0.15, -0.1) is 5.10 Å². The monoisotopic (exact) mass is 461 g/mol. The van der Waals surface area contributed by atoms with E-state index in [1.54, 1.807) is 7.05 Å². The maximum absolute atomic E-state index is 12.3. The summed E-state index contributed by atoms with van der Waals surface area (Å²) in [6.45, 7) is 7.61. The fourth-order valence-corrected chi connectivity index (χ4v) is 3.40. The Hall–Kier alpha value is -1.36. The lowest BCUT2D eigenvalue weighted by Crippen LogP contribution is -2.22. The standard InChI is InChI=1S/C15H21BrClN5O3Si/c1-21-8-10(17)13(19-21)11(23)7-12(24)14-18-15(16)22(20-14)9-25-5-6-26(2,3)4/h8H,5-7,9H2,1-4H3. The van der Waals surface area contributed by atoms with Gasteiger partial charge < -0.3 is 4.74 Å². The number of rotatable bonds is 9. The van der Waals surface area contributed by atoms with Gasteiger partial charge in [0, 0.05) is 27.9 Å². The molecule has 2 aromatic heterocycles.